The fourth-order valence-electron chi connectivity index (χ4n) is 2.11. The first-order valence-electron chi connectivity index (χ1n) is 6.46. The molecule has 19 heavy (non-hydrogen) atoms. The Morgan fingerprint density at radius 2 is 1.84 bits per heavy atom. The molecule has 3 nitrogen and oxygen atoms in total. The third-order valence-corrected chi connectivity index (χ3v) is 4.05. The molecule has 1 aromatic carbocycles. The van der Waals surface area contributed by atoms with Crippen molar-refractivity contribution in [3.8, 4) is 0 Å². The highest BCUT2D eigenvalue weighted by molar-refractivity contribution is 6.42. The summed E-state index contributed by atoms with van der Waals surface area (Å²) in [5.41, 5.74) is 6.91. The first-order chi connectivity index (χ1) is 8.97. The van der Waals surface area contributed by atoms with Gasteiger partial charge in [-0.15, -0.1) is 0 Å². The number of rotatable bonds is 7. The Morgan fingerprint density at radius 3 is 2.42 bits per heavy atom. The van der Waals surface area contributed by atoms with Crippen molar-refractivity contribution in [2.75, 3.05) is 40.8 Å². The molecule has 1 rings (SSSR count). The van der Waals surface area contributed by atoms with Crippen LogP contribution in [-0.4, -0.2) is 50.6 Å². The van der Waals surface area contributed by atoms with E-state index in [1.54, 1.807) is 6.07 Å². The normalized spacial score (nSPS) is 13.3. The van der Waals surface area contributed by atoms with Crippen molar-refractivity contribution in [1.82, 2.24) is 9.80 Å². The summed E-state index contributed by atoms with van der Waals surface area (Å²) in [6.45, 7) is 2.56. The Labute approximate surface area is 126 Å². The van der Waals surface area contributed by atoms with Gasteiger partial charge in [0.05, 0.1) is 10.0 Å². The first kappa shape index (κ1) is 16.7. The average molecular weight is 304 g/mol. The molecular formula is C14H23Cl2N3. The molecule has 1 aromatic rings. The van der Waals surface area contributed by atoms with E-state index in [4.69, 9.17) is 28.9 Å². The minimum atomic E-state index is 0.105. The SMILES string of the molecule is CN(C)CCCN(C)C(CN)c1cccc(Cl)c1Cl. The lowest BCUT2D eigenvalue weighted by Crippen LogP contribution is -2.32. The van der Waals surface area contributed by atoms with Crippen LogP contribution in [0.5, 0.6) is 0 Å². The Morgan fingerprint density at radius 1 is 1.16 bits per heavy atom. The van der Waals surface area contributed by atoms with Crippen LogP contribution >= 0.6 is 23.2 Å². The zero-order chi connectivity index (χ0) is 14.4. The van der Waals surface area contributed by atoms with Crippen LogP contribution in [0.15, 0.2) is 18.2 Å². The Kier molecular flexibility index (Phi) is 7.11. The zero-order valence-electron chi connectivity index (χ0n) is 11.9. The molecule has 0 aromatic heterocycles. The second-order valence-corrected chi connectivity index (χ2v) is 5.82. The molecule has 1 unspecified atom stereocenters. The summed E-state index contributed by atoms with van der Waals surface area (Å²) in [7, 11) is 6.23. The molecule has 0 saturated carbocycles. The molecular weight excluding hydrogens is 281 g/mol. The number of nitrogens with two attached hydrogens (primary N) is 1. The summed E-state index contributed by atoms with van der Waals surface area (Å²) < 4.78 is 0. The zero-order valence-corrected chi connectivity index (χ0v) is 13.4. The second kappa shape index (κ2) is 8.08. The van der Waals surface area contributed by atoms with Crippen LogP contribution in [0.1, 0.15) is 18.0 Å². The largest absolute Gasteiger partial charge is 0.329 e. The van der Waals surface area contributed by atoms with E-state index in [1.807, 2.05) is 12.1 Å². The molecule has 0 bridgehead atoms. The van der Waals surface area contributed by atoms with Crippen LogP contribution in [0.2, 0.25) is 10.0 Å². The summed E-state index contributed by atoms with van der Waals surface area (Å²) in [5, 5.41) is 1.19. The van der Waals surface area contributed by atoms with Gasteiger partial charge in [0.25, 0.3) is 0 Å². The number of halogens is 2. The third kappa shape index (κ3) is 4.93. The number of nitrogens with zero attached hydrogens (tertiary/aromatic N) is 2. The fraction of sp³-hybridized carbons (Fsp3) is 0.571. The third-order valence-electron chi connectivity index (χ3n) is 3.21. The lowest BCUT2D eigenvalue weighted by atomic mass is 10.1. The monoisotopic (exact) mass is 303 g/mol. The van der Waals surface area contributed by atoms with E-state index in [2.05, 4.69) is 30.9 Å². The topological polar surface area (TPSA) is 32.5 Å². The molecule has 108 valence electrons. The molecule has 1 atom stereocenters. The van der Waals surface area contributed by atoms with Gasteiger partial charge >= 0.3 is 0 Å². The minimum absolute atomic E-state index is 0.105. The van der Waals surface area contributed by atoms with Gasteiger partial charge in [-0.2, -0.15) is 0 Å². The van der Waals surface area contributed by atoms with Gasteiger partial charge in [0.15, 0.2) is 0 Å². The van der Waals surface area contributed by atoms with Gasteiger partial charge in [-0.1, -0.05) is 35.3 Å². The summed E-state index contributed by atoms with van der Waals surface area (Å²) in [6.07, 6.45) is 1.10. The van der Waals surface area contributed by atoms with Crippen LogP contribution in [-0.2, 0) is 0 Å². The van der Waals surface area contributed by atoms with E-state index < -0.39 is 0 Å². The lowest BCUT2D eigenvalue weighted by molar-refractivity contribution is 0.235. The molecule has 0 fully saturated rings. The molecule has 0 spiro atoms. The number of hydrogen-bond donors (Lipinski definition) is 1. The van der Waals surface area contributed by atoms with Crippen LogP contribution in [0.25, 0.3) is 0 Å². The summed E-state index contributed by atoms with van der Waals surface area (Å²) >= 11 is 12.3. The highest BCUT2D eigenvalue weighted by atomic mass is 35.5. The first-order valence-corrected chi connectivity index (χ1v) is 7.22. The maximum atomic E-state index is 6.27. The molecule has 0 aliphatic carbocycles. The molecule has 0 aliphatic rings. The number of benzene rings is 1. The Hall–Kier alpha value is -0.320. The van der Waals surface area contributed by atoms with Gasteiger partial charge in [-0.25, -0.2) is 0 Å². The quantitative estimate of drug-likeness (QED) is 0.841. The van der Waals surface area contributed by atoms with Gasteiger partial charge in [0.1, 0.15) is 0 Å². The molecule has 0 saturated heterocycles. The van der Waals surface area contributed by atoms with E-state index in [9.17, 15) is 0 Å². The van der Waals surface area contributed by atoms with Crippen molar-refractivity contribution in [3.63, 3.8) is 0 Å². The van der Waals surface area contributed by atoms with Gasteiger partial charge < -0.3 is 10.6 Å². The maximum Gasteiger partial charge on any atom is 0.0640 e. The van der Waals surface area contributed by atoms with Crippen molar-refractivity contribution < 1.29 is 0 Å². The van der Waals surface area contributed by atoms with Crippen LogP contribution in [0.4, 0.5) is 0 Å². The number of likely N-dealkylation sites (N-methyl/N-ethyl adjacent to an activating group) is 1. The molecule has 0 radical (unpaired) electrons. The van der Waals surface area contributed by atoms with Crippen molar-refractivity contribution in [3.05, 3.63) is 33.8 Å². The predicted molar refractivity (Wildman–Crippen MR) is 84.1 cm³/mol. The molecule has 0 amide bonds. The van der Waals surface area contributed by atoms with Crippen molar-refractivity contribution >= 4 is 23.2 Å². The highest BCUT2D eigenvalue weighted by Crippen LogP contribution is 2.31. The molecule has 2 N–H and O–H groups in total. The molecule has 0 aliphatic heterocycles. The van der Waals surface area contributed by atoms with Gasteiger partial charge in [0, 0.05) is 12.6 Å². The van der Waals surface area contributed by atoms with Crippen LogP contribution in [0, 0.1) is 0 Å². The van der Waals surface area contributed by atoms with Crippen molar-refractivity contribution in [2.45, 2.75) is 12.5 Å². The predicted octanol–water partition coefficient (Wildman–Crippen LogP) is 2.88. The minimum Gasteiger partial charge on any atom is -0.329 e. The van der Waals surface area contributed by atoms with E-state index in [1.165, 1.54) is 0 Å². The van der Waals surface area contributed by atoms with Crippen LogP contribution < -0.4 is 5.73 Å². The smallest absolute Gasteiger partial charge is 0.0640 e. The van der Waals surface area contributed by atoms with Crippen LogP contribution in [0.3, 0.4) is 0 Å². The summed E-state index contributed by atoms with van der Waals surface area (Å²) in [5.74, 6) is 0. The van der Waals surface area contributed by atoms with Gasteiger partial charge in [0.2, 0.25) is 0 Å². The number of hydrogen-bond acceptors (Lipinski definition) is 3. The van der Waals surface area contributed by atoms with E-state index in [-0.39, 0.29) is 6.04 Å². The van der Waals surface area contributed by atoms with E-state index in [0.29, 0.717) is 16.6 Å². The van der Waals surface area contributed by atoms with Crippen molar-refractivity contribution in [2.24, 2.45) is 5.73 Å². The average Bonchev–Trinajstić information content (AvgIpc) is 2.35. The highest BCUT2D eigenvalue weighted by Gasteiger charge is 2.19. The maximum absolute atomic E-state index is 6.27. The second-order valence-electron chi connectivity index (χ2n) is 5.03. The van der Waals surface area contributed by atoms with Gasteiger partial charge in [-0.3, -0.25) is 4.90 Å². The van der Waals surface area contributed by atoms with Crippen molar-refractivity contribution in [1.29, 1.82) is 0 Å². The summed E-state index contributed by atoms with van der Waals surface area (Å²) in [4.78, 5) is 4.42. The lowest BCUT2D eigenvalue weighted by Gasteiger charge is -2.28. The summed E-state index contributed by atoms with van der Waals surface area (Å²) in [6, 6.07) is 5.81. The van der Waals surface area contributed by atoms with Gasteiger partial charge in [-0.05, 0) is 52.3 Å². The fourth-order valence-corrected chi connectivity index (χ4v) is 2.55. The standard InChI is InChI=1S/C14H23Cl2N3/c1-18(2)8-5-9-19(3)13(10-17)11-6-4-7-12(15)14(11)16/h4,6-7,13H,5,8-10,17H2,1-3H3. The Balaban J connectivity index is 2.73. The molecule has 0 heterocycles. The molecule has 5 heteroatoms. The van der Waals surface area contributed by atoms with E-state index >= 15 is 0 Å². The van der Waals surface area contributed by atoms with E-state index in [0.717, 1.165) is 25.1 Å². The Bertz CT molecular complexity index is 396.